The van der Waals surface area contributed by atoms with Crippen LogP contribution in [0.3, 0.4) is 0 Å². The lowest BCUT2D eigenvalue weighted by Crippen LogP contribution is -2.02. The minimum Gasteiger partial charge on any atom is -0.416 e. The zero-order valence-electron chi connectivity index (χ0n) is 4.10. The number of carbonyl (C=O) groups excluding carboxylic acids is 2. The van der Waals surface area contributed by atoms with Crippen LogP contribution in [0.1, 0.15) is 0 Å². The standard InChI is InChI=1S/C3H2Cl2O4/c4-2(6)8-1-9-3(5)7/h1H2. The van der Waals surface area contributed by atoms with Crippen LogP contribution in [-0.4, -0.2) is 17.6 Å². The van der Waals surface area contributed by atoms with Gasteiger partial charge in [0.05, 0.1) is 0 Å². The quantitative estimate of drug-likeness (QED) is 0.470. The van der Waals surface area contributed by atoms with Crippen LogP contribution in [-0.2, 0) is 9.47 Å². The van der Waals surface area contributed by atoms with E-state index in [1.807, 2.05) is 0 Å². The van der Waals surface area contributed by atoms with Crippen molar-refractivity contribution in [2.75, 3.05) is 6.79 Å². The SMILES string of the molecule is O=C(Cl)OCOC(=O)Cl. The summed E-state index contributed by atoms with van der Waals surface area (Å²) in [5.41, 5.74) is -2.10. The van der Waals surface area contributed by atoms with Crippen LogP contribution in [0.15, 0.2) is 0 Å². The molecule has 0 aliphatic heterocycles. The number of rotatable bonds is 2. The van der Waals surface area contributed by atoms with Gasteiger partial charge in [-0.05, 0) is 0 Å². The van der Waals surface area contributed by atoms with Crippen molar-refractivity contribution >= 4 is 34.1 Å². The van der Waals surface area contributed by atoms with Crippen molar-refractivity contribution in [3.8, 4) is 0 Å². The summed E-state index contributed by atoms with van der Waals surface area (Å²) in [7, 11) is 0. The van der Waals surface area contributed by atoms with Gasteiger partial charge >= 0.3 is 10.9 Å². The molecule has 52 valence electrons. The molecular formula is C3H2Cl2O4. The number of carbonyl (C=O) groups is 2. The van der Waals surface area contributed by atoms with Gasteiger partial charge in [0.25, 0.3) is 0 Å². The average molecular weight is 173 g/mol. The van der Waals surface area contributed by atoms with E-state index in [1.165, 1.54) is 0 Å². The van der Waals surface area contributed by atoms with Crippen molar-refractivity contribution in [1.29, 1.82) is 0 Å². The van der Waals surface area contributed by atoms with Crippen LogP contribution in [0.25, 0.3) is 0 Å². The van der Waals surface area contributed by atoms with Crippen LogP contribution in [0.5, 0.6) is 0 Å². The van der Waals surface area contributed by atoms with Gasteiger partial charge < -0.3 is 9.47 Å². The van der Waals surface area contributed by atoms with E-state index in [-0.39, 0.29) is 0 Å². The van der Waals surface area contributed by atoms with Gasteiger partial charge in [-0.25, -0.2) is 9.59 Å². The van der Waals surface area contributed by atoms with Crippen molar-refractivity contribution < 1.29 is 19.1 Å². The number of ether oxygens (including phenoxy) is 2. The first kappa shape index (κ1) is 8.52. The third kappa shape index (κ3) is 7.52. The molecule has 6 heteroatoms. The Bertz CT molecular complexity index is 109. The molecule has 0 rings (SSSR count). The molecule has 9 heavy (non-hydrogen) atoms. The second kappa shape index (κ2) is 4.40. The van der Waals surface area contributed by atoms with E-state index < -0.39 is 17.6 Å². The Balaban J connectivity index is 3.10. The van der Waals surface area contributed by atoms with Gasteiger partial charge in [-0.3, -0.25) is 0 Å². The van der Waals surface area contributed by atoms with Crippen molar-refractivity contribution in [1.82, 2.24) is 0 Å². The van der Waals surface area contributed by atoms with Crippen molar-refractivity contribution in [3.63, 3.8) is 0 Å². The van der Waals surface area contributed by atoms with Gasteiger partial charge in [0.15, 0.2) is 0 Å². The maximum atomic E-state index is 9.73. The minimum absolute atomic E-state index is 0.551. The zero-order valence-corrected chi connectivity index (χ0v) is 5.61. The highest BCUT2D eigenvalue weighted by Gasteiger charge is 1.97. The van der Waals surface area contributed by atoms with Crippen LogP contribution in [0, 0.1) is 0 Å². The number of halogens is 2. The Kier molecular flexibility index (Phi) is 4.17. The van der Waals surface area contributed by atoms with E-state index >= 15 is 0 Å². The maximum Gasteiger partial charge on any atom is 0.406 e. The molecular weight excluding hydrogens is 171 g/mol. The predicted molar refractivity (Wildman–Crippen MR) is 29.5 cm³/mol. The lowest BCUT2D eigenvalue weighted by atomic mass is 11.3. The summed E-state index contributed by atoms with van der Waals surface area (Å²) in [6.07, 6.45) is 0. The Hall–Kier alpha value is -0.480. The van der Waals surface area contributed by atoms with Gasteiger partial charge in [0.1, 0.15) is 0 Å². The highest BCUT2D eigenvalue weighted by molar-refractivity contribution is 6.61. The molecule has 0 unspecified atom stereocenters. The van der Waals surface area contributed by atoms with Crippen molar-refractivity contribution in [2.45, 2.75) is 0 Å². The van der Waals surface area contributed by atoms with E-state index in [2.05, 4.69) is 32.7 Å². The molecule has 0 heterocycles. The van der Waals surface area contributed by atoms with Crippen LogP contribution in [0.2, 0.25) is 0 Å². The summed E-state index contributed by atoms with van der Waals surface area (Å²) in [6, 6.07) is 0. The molecule has 0 N–H and O–H groups in total. The smallest absolute Gasteiger partial charge is 0.406 e. The molecule has 0 amide bonds. The predicted octanol–water partition coefficient (Wildman–Crippen LogP) is 1.69. The largest absolute Gasteiger partial charge is 0.416 e. The molecule has 4 nitrogen and oxygen atoms in total. The molecule has 0 fully saturated rings. The lowest BCUT2D eigenvalue weighted by molar-refractivity contribution is 0.0475. The fourth-order valence-electron chi connectivity index (χ4n) is 0.122. The fourth-order valence-corrected chi connectivity index (χ4v) is 0.211. The molecule has 0 atom stereocenters. The van der Waals surface area contributed by atoms with E-state index in [1.54, 1.807) is 0 Å². The molecule has 0 bridgehead atoms. The Morgan fingerprint density at radius 1 is 1.11 bits per heavy atom. The highest BCUT2D eigenvalue weighted by atomic mass is 35.5. The third-order valence-corrected chi connectivity index (χ3v) is 0.563. The molecule has 0 radical (unpaired) electrons. The Morgan fingerprint density at radius 3 is 1.67 bits per heavy atom. The van der Waals surface area contributed by atoms with Gasteiger partial charge in [0.2, 0.25) is 6.79 Å². The number of hydrogen-bond acceptors (Lipinski definition) is 4. The normalized spacial score (nSPS) is 8.22. The molecule has 0 spiro atoms. The summed E-state index contributed by atoms with van der Waals surface area (Å²) in [5, 5.41) is 0. The summed E-state index contributed by atoms with van der Waals surface area (Å²) < 4.78 is 7.90. The van der Waals surface area contributed by atoms with Crippen molar-refractivity contribution in [3.05, 3.63) is 0 Å². The van der Waals surface area contributed by atoms with Crippen molar-refractivity contribution in [2.24, 2.45) is 0 Å². The Labute approximate surface area is 60.6 Å². The molecule has 0 aromatic heterocycles. The highest BCUT2D eigenvalue weighted by Crippen LogP contribution is 1.90. The van der Waals surface area contributed by atoms with Gasteiger partial charge in [-0.15, -0.1) is 0 Å². The lowest BCUT2D eigenvalue weighted by Gasteiger charge is -1.96. The molecule has 0 aliphatic carbocycles. The first-order valence-electron chi connectivity index (χ1n) is 1.77. The molecule has 0 saturated heterocycles. The van der Waals surface area contributed by atoms with Gasteiger partial charge in [-0.1, -0.05) is 0 Å². The first-order valence-corrected chi connectivity index (χ1v) is 2.53. The van der Waals surface area contributed by atoms with E-state index in [0.717, 1.165) is 0 Å². The van der Waals surface area contributed by atoms with Crippen LogP contribution < -0.4 is 0 Å². The fraction of sp³-hybridized carbons (Fsp3) is 0.333. The first-order chi connectivity index (χ1) is 4.13. The summed E-state index contributed by atoms with van der Waals surface area (Å²) in [6.45, 7) is -0.551. The third-order valence-electron chi connectivity index (χ3n) is 0.345. The molecule has 0 aliphatic rings. The number of hydrogen-bond donors (Lipinski definition) is 0. The zero-order chi connectivity index (χ0) is 7.28. The van der Waals surface area contributed by atoms with E-state index in [9.17, 15) is 9.59 Å². The monoisotopic (exact) mass is 172 g/mol. The molecule has 0 aromatic rings. The summed E-state index contributed by atoms with van der Waals surface area (Å²) in [4.78, 5) is 19.5. The summed E-state index contributed by atoms with van der Waals surface area (Å²) >= 11 is 9.33. The van der Waals surface area contributed by atoms with Crippen LogP contribution >= 0.6 is 23.2 Å². The van der Waals surface area contributed by atoms with E-state index in [4.69, 9.17) is 0 Å². The van der Waals surface area contributed by atoms with E-state index in [0.29, 0.717) is 0 Å². The average Bonchev–Trinajstić information content (AvgIpc) is 1.63. The maximum absolute atomic E-state index is 9.73. The Morgan fingerprint density at radius 2 is 1.44 bits per heavy atom. The molecule has 0 aromatic carbocycles. The summed E-state index contributed by atoms with van der Waals surface area (Å²) in [5.74, 6) is 0. The second-order valence-corrected chi connectivity index (χ2v) is 1.50. The topological polar surface area (TPSA) is 52.6 Å². The van der Waals surface area contributed by atoms with Gasteiger partial charge in [-0.2, -0.15) is 0 Å². The molecule has 0 saturated carbocycles. The minimum atomic E-state index is -1.05. The van der Waals surface area contributed by atoms with Crippen LogP contribution in [0.4, 0.5) is 9.59 Å². The second-order valence-electron chi connectivity index (χ2n) is 0.882. The van der Waals surface area contributed by atoms with Gasteiger partial charge in [0, 0.05) is 23.2 Å².